The Bertz CT molecular complexity index is 611. The molecular formula is C12H8N2O4. The number of carbonyl (C=O) groups is 2. The summed E-state index contributed by atoms with van der Waals surface area (Å²) in [6.07, 6.45) is 4.27. The smallest absolute Gasteiger partial charge is 0.355 e. The van der Waals surface area contributed by atoms with E-state index in [4.69, 9.17) is 10.2 Å². The summed E-state index contributed by atoms with van der Waals surface area (Å²) in [4.78, 5) is 29.6. The minimum Gasteiger partial charge on any atom is -0.478 e. The maximum absolute atomic E-state index is 11.2. The fraction of sp³-hybridized carbons (Fsp3) is 0. The summed E-state index contributed by atoms with van der Waals surface area (Å²) in [5.74, 6) is -2.70. The Morgan fingerprint density at radius 2 is 1.61 bits per heavy atom. The number of aromatic nitrogens is 2. The molecule has 6 nitrogen and oxygen atoms in total. The largest absolute Gasteiger partial charge is 0.478 e. The summed E-state index contributed by atoms with van der Waals surface area (Å²) >= 11 is 0. The number of hydrogen-bond donors (Lipinski definition) is 2. The van der Waals surface area contributed by atoms with Crippen molar-refractivity contribution in [1.82, 2.24) is 9.97 Å². The molecule has 6 heteroatoms. The van der Waals surface area contributed by atoms with Gasteiger partial charge in [0.25, 0.3) is 0 Å². The molecule has 18 heavy (non-hydrogen) atoms. The van der Waals surface area contributed by atoms with Gasteiger partial charge >= 0.3 is 11.9 Å². The van der Waals surface area contributed by atoms with Gasteiger partial charge in [0.15, 0.2) is 5.69 Å². The van der Waals surface area contributed by atoms with Crippen molar-refractivity contribution in [2.45, 2.75) is 0 Å². The van der Waals surface area contributed by atoms with Gasteiger partial charge in [-0.25, -0.2) is 14.6 Å². The SMILES string of the molecule is O=C(O)c1nccc(-c2ccncc2)c1C(=O)O. The lowest BCUT2D eigenvalue weighted by molar-refractivity contribution is 0.0647. The summed E-state index contributed by atoms with van der Waals surface area (Å²) in [6, 6.07) is 4.67. The van der Waals surface area contributed by atoms with E-state index in [9.17, 15) is 9.59 Å². The third-order valence-corrected chi connectivity index (χ3v) is 2.36. The summed E-state index contributed by atoms with van der Waals surface area (Å²) < 4.78 is 0. The molecule has 0 unspecified atom stereocenters. The monoisotopic (exact) mass is 244 g/mol. The molecule has 0 aliphatic heterocycles. The van der Waals surface area contributed by atoms with Crippen molar-refractivity contribution in [3.05, 3.63) is 48.0 Å². The Hall–Kier alpha value is -2.76. The number of nitrogens with zero attached hydrogens (tertiary/aromatic N) is 2. The molecule has 2 heterocycles. The van der Waals surface area contributed by atoms with E-state index in [1.54, 1.807) is 12.1 Å². The summed E-state index contributed by atoms with van der Waals surface area (Å²) in [6.45, 7) is 0. The summed E-state index contributed by atoms with van der Waals surface area (Å²) in [5.41, 5.74) is 0.0811. The molecule has 0 atom stereocenters. The van der Waals surface area contributed by atoms with Crippen LogP contribution in [0.5, 0.6) is 0 Å². The molecule has 90 valence electrons. The predicted octanol–water partition coefficient (Wildman–Crippen LogP) is 1.54. The normalized spacial score (nSPS) is 10.0. The van der Waals surface area contributed by atoms with E-state index in [1.165, 1.54) is 24.7 Å². The molecule has 0 aromatic carbocycles. The van der Waals surface area contributed by atoms with Crippen molar-refractivity contribution in [2.24, 2.45) is 0 Å². The van der Waals surface area contributed by atoms with Gasteiger partial charge in [-0.3, -0.25) is 4.98 Å². The van der Waals surface area contributed by atoms with Crippen molar-refractivity contribution in [1.29, 1.82) is 0 Å². The Balaban J connectivity index is 2.72. The van der Waals surface area contributed by atoms with E-state index in [2.05, 4.69) is 9.97 Å². The second-order valence-electron chi connectivity index (χ2n) is 3.43. The van der Waals surface area contributed by atoms with Crippen LogP contribution < -0.4 is 0 Å². The topological polar surface area (TPSA) is 100 Å². The van der Waals surface area contributed by atoms with Gasteiger partial charge in [-0.1, -0.05) is 0 Å². The molecule has 0 bridgehead atoms. The highest BCUT2D eigenvalue weighted by Crippen LogP contribution is 2.24. The van der Waals surface area contributed by atoms with Crippen LogP contribution in [0.2, 0.25) is 0 Å². The minimum absolute atomic E-state index is 0.303. The van der Waals surface area contributed by atoms with Crippen molar-refractivity contribution in [3.8, 4) is 11.1 Å². The average molecular weight is 244 g/mol. The Morgan fingerprint density at radius 1 is 0.944 bits per heavy atom. The molecule has 0 radical (unpaired) electrons. The van der Waals surface area contributed by atoms with Crippen LogP contribution in [0.3, 0.4) is 0 Å². The molecule has 2 aromatic heterocycles. The number of pyridine rings is 2. The second-order valence-corrected chi connectivity index (χ2v) is 3.43. The first-order chi connectivity index (χ1) is 8.61. The maximum Gasteiger partial charge on any atom is 0.355 e. The molecular weight excluding hydrogens is 236 g/mol. The van der Waals surface area contributed by atoms with E-state index in [-0.39, 0.29) is 5.56 Å². The van der Waals surface area contributed by atoms with E-state index in [0.29, 0.717) is 11.1 Å². The third kappa shape index (κ3) is 2.03. The van der Waals surface area contributed by atoms with Crippen LogP contribution in [0.15, 0.2) is 36.8 Å². The first kappa shape index (κ1) is 11.7. The number of hydrogen-bond acceptors (Lipinski definition) is 4. The Kier molecular flexibility index (Phi) is 3.01. The first-order valence-electron chi connectivity index (χ1n) is 4.97. The predicted molar refractivity (Wildman–Crippen MR) is 61.4 cm³/mol. The molecule has 0 aliphatic carbocycles. The maximum atomic E-state index is 11.2. The molecule has 2 rings (SSSR count). The highest BCUT2D eigenvalue weighted by Gasteiger charge is 2.22. The quantitative estimate of drug-likeness (QED) is 0.849. The van der Waals surface area contributed by atoms with Crippen molar-refractivity contribution < 1.29 is 19.8 Å². The number of carboxylic acids is 2. The standard InChI is InChI=1S/C12H8N2O4/c15-11(16)9-8(7-1-4-13-5-2-7)3-6-14-10(9)12(17)18/h1-6H,(H,15,16)(H,17,18). The Morgan fingerprint density at radius 3 is 2.17 bits per heavy atom. The zero-order valence-corrected chi connectivity index (χ0v) is 9.07. The van der Waals surface area contributed by atoms with Gasteiger partial charge in [0.1, 0.15) is 5.56 Å². The molecule has 0 amide bonds. The van der Waals surface area contributed by atoms with E-state index >= 15 is 0 Å². The molecule has 2 N–H and O–H groups in total. The number of rotatable bonds is 3. The molecule has 0 saturated heterocycles. The van der Waals surface area contributed by atoms with Crippen LogP contribution in [0.4, 0.5) is 0 Å². The Labute approximate surface area is 102 Å². The van der Waals surface area contributed by atoms with Crippen LogP contribution in [0.1, 0.15) is 20.8 Å². The molecule has 0 saturated carbocycles. The van der Waals surface area contributed by atoms with E-state index < -0.39 is 17.6 Å². The number of aromatic carboxylic acids is 2. The van der Waals surface area contributed by atoms with Gasteiger partial charge in [-0.05, 0) is 23.8 Å². The lowest BCUT2D eigenvalue weighted by Crippen LogP contribution is -2.12. The third-order valence-electron chi connectivity index (χ3n) is 2.36. The molecule has 0 aliphatic rings. The van der Waals surface area contributed by atoms with E-state index in [0.717, 1.165) is 0 Å². The van der Waals surface area contributed by atoms with Crippen molar-refractivity contribution in [3.63, 3.8) is 0 Å². The first-order valence-corrected chi connectivity index (χ1v) is 4.97. The zero-order valence-electron chi connectivity index (χ0n) is 9.07. The molecule has 0 fully saturated rings. The van der Waals surface area contributed by atoms with Gasteiger partial charge in [-0.2, -0.15) is 0 Å². The van der Waals surface area contributed by atoms with Gasteiger partial charge in [0.05, 0.1) is 0 Å². The van der Waals surface area contributed by atoms with Crippen LogP contribution in [-0.4, -0.2) is 32.1 Å². The highest BCUT2D eigenvalue weighted by atomic mass is 16.4. The molecule has 2 aromatic rings. The van der Waals surface area contributed by atoms with Gasteiger partial charge in [0.2, 0.25) is 0 Å². The highest BCUT2D eigenvalue weighted by molar-refractivity contribution is 6.05. The van der Waals surface area contributed by atoms with Gasteiger partial charge in [-0.15, -0.1) is 0 Å². The minimum atomic E-state index is -1.37. The van der Waals surface area contributed by atoms with Crippen molar-refractivity contribution >= 4 is 11.9 Å². The fourth-order valence-corrected chi connectivity index (χ4v) is 1.61. The summed E-state index contributed by atoms with van der Waals surface area (Å²) in [7, 11) is 0. The van der Waals surface area contributed by atoms with Gasteiger partial charge in [0, 0.05) is 24.2 Å². The van der Waals surface area contributed by atoms with Crippen LogP contribution in [-0.2, 0) is 0 Å². The average Bonchev–Trinajstić information content (AvgIpc) is 2.38. The molecule has 0 spiro atoms. The fourth-order valence-electron chi connectivity index (χ4n) is 1.61. The number of carboxylic acid groups (broad SMARTS) is 2. The lowest BCUT2D eigenvalue weighted by atomic mass is 10.00. The van der Waals surface area contributed by atoms with Crippen LogP contribution in [0, 0.1) is 0 Å². The van der Waals surface area contributed by atoms with Crippen LogP contribution in [0.25, 0.3) is 11.1 Å². The van der Waals surface area contributed by atoms with Gasteiger partial charge < -0.3 is 10.2 Å². The lowest BCUT2D eigenvalue weighted by Gasteiger charge is -2.07. The van der Waals surface area contributed by atoms with Crippen LogP contribution >= 0.6 is 0 Å². The van der Waals surface area contributed by atoms with Crippen molar-refractivity contribution in [2.75, 3.05) is 0 Å². The second kappa shape index (κ2) is 4.62. The zero-order chi connectivity index (χ0) is 13.1. The van der Waals surface area contributed by atoms with E-state index in [1.807, 2.05) is 0 Å². The summed E-state index contributed by atoms with van der Waals surface area (Å²) in [5, 5.41) is 18.1.